The predicted octanol–water partition coefficient (Wildman–Crippen LogP) is 3.32. The molecule has 0 saturated carbocycles. The summed E-state index contributed by atoms with van der Waals surface area (Å²) in [6.07, 6.45) is 0. The predicted molar refractivity (Wildman–Crippen MR) is 130 cm³/mol. The van der Waals surface area contributed by atoms with Crippen molar-refractivity contribution in [3.8, 4) is 5.69 Å². The number of para-hydroxylation sites is 1. The van der Waals surface area contributed by atoms with Crippen LogP contribution in [0.4, 0.5) is 0 Å². The Morgan fingerprint density at radius 1 is 0.970 bits per heavy atom. The lowest BCUT2D eigenvalue weighted by molar-refractivity contribution is 0.0342. The number of fused-ring (bicyclic) bond motifs is 1. The Labute approximate surface area is 195 Å². The van der Waals surface area contributed by atoms with E-state index in [4.69, 9.17) is 16.3 Å². The molecule has 1 N–H and O–H groups in total. The summed E-state index contributed by atoms with van der Waals surface area (Å²) in [6.45, 7) is 6.54. The Morgan fingerprint density at radius 3 is 2.33 bits per heavy atom. The van der Waals surface area contributed by atoms with Crippen molar-refractivity contribution in [1.29, 1.82) is 0 Å². The molecule has 2 aromatic heterocycles. The summed E-state index contributed by atoms with van der Waals surface area (Å²) in [5, 5.41) is 3.97. The minimum Gasteiger partial charge on any atom is -0.379 e. The van der Waals surface area contributed by atoms with E-state index in [1.54, 1.807) is 22.8 Å². The zero-order valence-corrected chi connectivity index (χ0v) is 19.1. The maximum Gasteiger partial charge on any atom is 0.280 e. The number of aryl methyl sites for hydroxylation is 1. The van der Waals surface area contributed by atoms with Crippen LogP contribution >= 0.6 is 11.6 Å². The Bertz CT molecular complexity index is 1410. The lowest BCUT2D eigenvalue weighted by Gasteiger charge is -2.26. The molecule has 1 saturated heterocycles. The number of benzene rings is 2. The molecule has 4 aromatic rings. The molecule has 7 nitrogen and oxygen atoms in total. The minimum absolute atomic E-state index is 0.162. The van der Waals surface area contributed by atoms with Crippen LogP contribution in [0.25, 0.3) is 16.6 Å². The molecule has 170 valence electrons. The number of H-pyrrole nitrogens is 1. The highest BCUT2D eigenvalue weighted by molar-refractivity contribution is 6.32. The molecule has 2 aromatic carbocycles. The van der Waals surface area contributed by atoms with Crippen LogP contribution < -0.4 is 11.1 Å². The van der Waals surface area contributed by atoms with Crippen molar-refractivity contribution in [3.05, 3.63) is 97.1 Å². The van der Waals surface area contributed by atoms with Gasteiger partial charge in [0, 0.05) is 31.4 Å². The molecule has 0 aliphatic carbocycles. The molecule has 0 amide bonds. The fourth-order valence-electron chi connectivity index (χ4n) is 4.36. The number of aromatic nitrogens is 3. The zero-order chi connectivity index (χ0) is 22.9. The van der Waals surface area contributed by atoms with Crippen molar-refractivity contribution < 1.29 is 4.74 Å². The first-order valence-electron chi connectivity index (χ1n) is 11.0. The van der Waals surface area contributed by atoms with Gasteiger partial charge in [-0.05, 0) is 30.2 Å². The molecule has 0 bridgehead atoms. The van der Waals surface area contributed by atoms with Crippen molar-refractivity contribution in [2.24, 2.45) is 0 Å². The Balaban J connectivity index is 1.45. The molecule has 1 aliphatic heterocycles. The van der Waals surface area contributed by atoms with Crippen LogP contribution in [0.5, 0.6) is 0 Å². The average Bonchev–Trinajstić information content (AvgIpc) is 3.14. The van der Waals surface area contributed by atoms with Crippen LogP contribution in [-0.4, -0.2) is 45.6 Å². The van der Waals surface area contributed by atoms with Gasteiger partial charge in [-0.25, -0.2) is 4.68 Å². The Morgan fingerprint density at radius 2 is 1.64 bits per heavy atom. The fraction of sp³-hybridized carbons (Fsp3) is 0.280. The first-order valence-corrected chi connectivity index (χ1v) is 11.4. The maximum atomic E-state index is 13.2. The highest BCUT2D eigenvalue weighted by Gasteiger charge is 2.17. The van der Waals surface area contributed by atoms with Gasteiger partial charge in [-0.1, -0.05) is 48.0 Å². The number of aromatic amines is 1. The molecule has 33 heavy (non-hydrogen) atoms. The normalized spacial score (nSPS) is 14.7. The monoisotopic (exact) mass is 464 g/mol. The fourth-order valence-corrected chi connectivity index (χ4v) is 4.58. The van der Waals surface area contributed by atoms with Gasteiger partial charge in [0.05, 0.1) is 41.4 Å². The van der Waals surface area contributed by atoms with Crippen LogP contribution in [0.2, 0.25) is 5.02 Å². The highest BCUT2D eigenvalue weighted by atomic mass is 35.5. The number of nitrogens with zero attached hydrogens (tertiary/aromatic N) is 3. The quantitative estimate of drug-likeness (QED) is 0.492. The van der Waals surface area contributed by atoms with E-state index in [0.717, 1.165) is 38.4 Å². The van der Waals surface area contributed by atoms with Crippen molar-refractivity contribution >= 4 is 22.5 Å². The Hall–Kier alpha value is -3.13. The molecule has 0 radical (unpaired) electrons. The molecular weight excluding hydrogens is 440 g/mol. The van der Waals surface area contributed by atoms with Gasteiger partial charge in [-0.2, -0.15) is 0 Å². The zero-order valence-electron chi connectivity index (χ0n) is 18.4. The second-order valence-electron chi connectivity index (χ2n) is 8.35. The highest BCUT2D eigenvalue weighted by Crippen LogP contribution is 2.20. The minimum atomic E-state index is -0.231. The second-order valence-corrected chi connectivity index (χ2v) is 8.76. The summed E-state index contributed by atoms with van der Waals surface area (Å²) < 4.78 is 8.45. The number of morpholine rings is 1. The Kier molecular flexibility index (Phi) is 5.93. The molecule has 0 unspecified atom stereocenters. The first kappa shape index (κ1) is 21.7. The number of halogens is 1. The SMILES string of the molecule is Cc1c2c(=O)n(-c3ccccc3Cl)[nH]c2cc(=O)n1Cc1ccc(CN2CCOCC2)cc1. The molecule has 5 rings (SSSR count). The van der Waals surface area contributed by atoms with Gasteiger partial charge in [-0.3, -0.25) is 19.6 Å². The van der Waals surface area contributed by atoms with Crippen molar-refractivity contribution in [3.63, 3.8) is 0 Å². The third-order valence-corrected chi connectivity index (χ3v) is 6.51. The molecule has 1 aliphatic rings. The largest absolute Gasteiger partial charge is 0.379 e. The van der Waals surface area contributed by atoms with Crippen molar-refractivity contribution in [1.82, 2.24) is 19.2 Å². The van der Waals surface area contributed by atoms with Gasteiger partial charge in [-0.15, -0.1) is 0 Å². The van der Waals surface area contributed by atoms with E-state index in [1.807, 2.05) is 25.1 Å². The van der Waals surface area contributed by atoms with Gasteiger partial charge < -0.3 is 9.30 Å². The summed E-state index contributed by atoms with van der Waals surface area (Å²) in [7, 11) is 0. The summed E-state index contributed by atoms with van der Waals surface area (Å²) in [6, 6.07) is 16.9. The third-order valence-electron chi connectivity index (χ3n) is 6.19. The molecule has 1 fully saturated rings. The van der Waals surface area contributed by atoms with Crippen LogP contribution in [-0.2, 0) is 17.8 Å². The number of hydrogen-bond acceptors (Lipinski definition) is 4. The number of nitrogens with one attached hydrogen (secondary N) is 1. The number of hydrogen-bond donors (Lipinski definition) is 1. The second kappa shape index (κ2) is 9.02. The molecule has 3 heterocycles. The van der Waals surface area contributed by atoms with Gasteiger partial charge in [0.1, 0.15) is 0 Å². The van der Waals surface area contributed by atoms with Gasteiger partial charge >= 0.3 is 0 Å². The van der Waals surface area contributed by atoms with E-state index >= 15 is 0 Å². The third kappa shape index (κ3) is 4.27. The summed E-state index contributed by atoms with van der Waals surface area (Å²) >= 11 is 6.29. The van der Waals surface area contributed by atoms with Gasteiger partial charge in [0.25, 0.3) is 11.1 Å². The van der Waals surface area contributed by atoms with Crippen LogP contribution in [0.3, 0.4) is 0 Å². The van der Waals surface area contributed by atoms with E-state index in [2.05, 4.69) is 22.1 Å². The molecule has 0 atom stereocenters. The average molecular weight is 465 g/mol. The van der Waals surface area contributed by atoms with Gasteiger partial charge in [0.15, 0.2) is 0 Å². The molecule has 8 heteroatoms. The smallest absolute Gasteiger partial charge is 0.280 e. The lowest BCUT2D eigenvalue weighted by atomic mass is 10.1. The van der Waals surface area contributed by atoms with E-state index in [9.17, 15) is 9.59 Å². The molecular formula is C25H25ClN4O3. The maximum absolute atomic E-state index is 13.2. The van der Waals surface area contributed by atoms with Crippen LogP contribution in [0.15, 0.2) is 64.2 Å². The number of pyridine rings is 1. The first-order chi connectivity index (χ1) is 16.0. The van der Waals surface area contributed by atoms with E-state index in [-0.39, 0.29) is 11.1 Å². The van der Waals surface area contributed by atoms with Crippen LogP contribution in [0, 0.1) is 6.92 Å². The van der Waals surface area contributed by atoms with Gasteiger partial charge in [0.2, 0.25) is 0 Å². The lowest BCUT2D eigenvalue weighted by Crippen LogP contribution is -2.35. The topological polar surface area (TPSA) is 72.3 Å². The van der Waals surface area contributed by atoms with Crippen LogP contribution in [0.1, 0.15) is 16.8 Å². The molecule has 0 spiro atoms. The van der Waals surface area contributed by atoms with E-state index < -0.39 is 0 Å². The number of rotatable bonds is 5. The van der Waals surface area contributed by atoms with Crippen molar-refractivity contribution in [2.75, 3.05) is 26.3 Å². The summed E-state index contributed by atoms with van der Waals surface area (Å²) in [4.78, 5) is 28.5. The van der Waals surface area contributed by atoms with E-state index in [1.165, 1.54) is 16.3 Å². The van der Waals surface area contributed by atoms with E-state index in [0.29, 0.717) is 33.9 Å². The number of ether oxygens (including phenoxy) is 1. The summed E-state index contributed by atoms with van der Waals surface area (Å²) in [5.41, 5.74) is 3.52. The standard InChI is InChI=1S/C25H25ClN4O3/c1-17-24-21(27-30(25(24)32)22-5-3-2-4-20(22)26)14-23(31)29(17)16-19-8-6-18(7-9-19)15-28-10-12-33-13-11-28/h2-9,14,27H,10-13,15-16H2,1H3. The van der Waals surface area contributed by atoms with Crippen molar-refractivity contribution in [2.45, 2.75) is 20.0 Å². The summed E-state index contributed by atoms with van der Waals surface area (Å²) in [5.74, 6) is 0.